The van der Waals surface area contributed by atoms with E-state index in [-0.39, 0.29) is 34.5 Å². The molecule has 2 fully saturated rings. The second-order valence-electron chi connectivity index (χ2n) is 12.1. The number of halogens is 3. The van der Waals surface area contributed by atoms with Crippen molar-refractivity contribution in [2.24, 2.45) is 5.14 Å². The number of anilines is 2. The third kappa shape index (κ3) is 7.71. The van der Waals surface area contributed by atoms with Crippen molar-refractivity contribution < 1.29 is 26.3 Å². The summed E-state index contributed by atoms with van der Waals surface area (Å²) in [4.78, 5) is 2.61. The number of rotatable bonds is 9. The number of nitrogens with one attached hydrogen (secondary N) is 2. The molecular weight excluding hydrogens is 603 g/mol. The van der Waals surface area contributed by atoms with Crippen LogP contribution in [0.3, 0.4) is 0 Å². The highest BCUT2D eigenvalue weighted by Gasteiger charge is 2.39. The zero-order chi connectivity index (χ0) is 32.2. The molecule has 2 heterocycles. The monoisotopic (exact) mass is 645 g/mol. The Hall–Kier alpha value is -3.40. The molecule has 0 spiro atoms. The van der Waals surface area contributed by atoms with Crippen LogP contribution in [0.5, 0.6) is 5.75 Å². The van der Waals surface area contributed by atoms with Crippen molar-refractivity contribution in [2.45, 2.75) is 87.5 Å². The van der Waals surface area contributed by atoms with Crippen LogP contribution >= 0.6 is 0 Å². The first-order valence-electron chi connectivity index (χ1n) is 15.6. The number of likely N-dealkylation sites (tertiary alicyclic amines) is 1. The molecule has 1 aromatic heterocycles. The quantitative estimate of drug-likeness (QED) is 0.236. The predicted octanol–water partition coefficient (Wildman–Crippen LogP) is 6.31. The molecular formula is C33H42F3N5O3S. The first-order valence-corrected chi connectivity index (χ1v) is 17.1. The van der Waals surface area contributed by atoms with Crippen LogP contribution in [0.15, 0.2) is 47.4 Å². The number of hydrogen-bond donors (Lipinski definition) is 3. The van der Waals surface area contributed by atoms with Gasteiger partial charge in [0.2, 0.25) is 10.0 Å². The Kier molecular flexibility index (Phi) is 9.91. The van der Waals surface area contributed by atoms with Crippen molar-refractivity contribution >= 4 is 32.3 Å². The fraction of sp³-hybridized carbons (Fsp3) is 0.515. The number of aromatic nitrogens is 1. The van der Waals surface area contributed by atoms with Crippen LogP contribution in [0.4, 0.5) is 24.5 Å². The number of hydrogen-bond acceptors (Lipinski definition) is 6. The highest BCUT2D eigenvalue weighted by molar-refractivity contribution is 7.89. The van der Waals surface area contributed by atoms with Gasteiger partial charge in [-0.15, -0.1) is 0 Å². The van der Waals surface area contributed by atoms with Gasteiger partial charge in [0.25, 0.3) is 0 Å². The van der Waals surface area contributed by atoms with Gasteiger partial charge in [-0.05, 0) is 94.3 Å². The Balaban J connectivity index is 1.34. The summed E-state index contributed by atoms with van der Waals surface area (Å²) in [6.45, 7) is 3.58. The van der Waals surface area contributed by atoms with Crippen LogP contribution in [0, 0.1) is 11.8 Å². The van der Waals surface area contributed by atoms with Gasteiger partial charge in [-0.2, -0.15) is 13.2 Å². The highest BCUT2D eigenvalue weighted by Crippen LogP contribution is 2.40. The molecule has 3 aromatic rings. The van der Waals surface area contributed by atoms with Crippen molar-refractivity contribution in [3.8, 4) is 17.6 Å². The summed E-state index contributed by atoms with van der Waals surface area (Å²) in [5.41, 5.74) is 2.28. The molecule has 1 aliphatic heterocycles. The number of ether oxygens (including phenoxy) is 1. The van der Waals surface area contributed by atoms with E-state index in [1.165, 1.54) is 62.2 Å². The van der Waals surface area contributed by atoms with Crippen molar-refractivity contribution in [1.29, 1.82) is 0 Å². The third-order valence-electron chi connectivity index (χ3n) is 9.33. The lowest BCUT2D eigenvalue weighted by atomic mass is 9.75. The Morgan fingerprint density at radius 3 is 2.44 bits per heavy atom. The summed E-state index contributed by atoms with van der Waals surface area (Å²) >= 11 is 0. The second kappa shape index (κ2) is 13.5. The molecule has 1 saturated heterocycles. The van der Waals surface area contributed by atoms with Gasteiger partial charge < -0.3 is 19.9 Å². The minimum Gasteiger partial charge on any atom is -0.495 e. The van der Waals surface area contributed by atoms with Crippen LogP contribution in [0.25, 0.3) is 10.9 Å². The van der Waals surface area contributed by atoms with Gasteiger partial charge in [-0.3, -0.25) is 4.90 Å². The second-order valence-corrected chi connectivity index (χ2v) is 13.6. The maximum Gasteiger partial charge on any atom is 0.406 e. The van der Waals surface area contributed by atoms with Crippen LogP contribution in [-0.4, -0.2) is 62.4 Å². The lowest BCUT2D eigenvalue weighted by molar-refractivity contribution is -0.140. The molecule has 244 valence electrons. The van der Waals surface area contributed by atoms with Crippen LogP contribution in [0.2, 0.25) is 0 Å². The molecule has 0 amide bonds. The summed E-state index contributed by atoms with van der Waals surface area (Å²) in [6, 6.07) is 11.5. The smallest absolute Gasteiger partial charge is 0.406 e. The lowest BCUT2D eigenvalue weighted by Gasteiger charge is -2.49. The molecule has 5 rings (SSSR count). The summed E-state index contributed by atoms with van der Waals surface area (Å²) in [5.74, 6) is 6.07. The van der Waals surface area contributed by atoms with Crippen LogP contribution < -0.4 is 20.5 Å². The van der Waals surface area contributed by atoms with E-state index in [1.54, 1.807) is 18.2 Å². The van der Waals surface area contributed by atoms with Crippen molar-refractivity contribution in [1.82, 2.24) is 9.47 Å². The van der Waals surface area contributed by atoms with Crippen LogP contribution in [-0.2, 0) is 16.6 Å². The molecule has 45 heavy (non-hydrogen) atoms. The van der Waals surface area contributed by atoms with E-state index in [9.17, 15) is 21.6 Å². The molecule has 2 aliphatic rings. The molecule has 0 radical (unpaired) electrons. The number of primary sulfonamides is 1. The Morgan fingerprint density at radius 2 is 1.80 bits per heavy atom. The van der Waals surface area contributed by atoms with Gasteiger partial charge in [0.15, 0.2) is 0 Å². The molecule has 12 heteroatoms. The maximum absolute atomic E-state index is 13.7. The van der Waals surface area contributed by atoms with E-state index in [1.807, 2.05) is 6.07 Å². The third-order valence-corrected chi connectivity index (χ3v) is 10.2. The van der Waals surface area contributed by atoms with E-state index in [2.05, 4.69) is 34.3 Å². The average Bonchev–Trinajstić information content (AvgIpc) is 3.36. The lowest BCUT2D eigenvalue weighted by Crippen LogP contribution is -2.53. The summed E-state index contributed by atoms with van der Waals surface area (Å²) in [6.07, 6.45) is 4.83. The zero-order valence-electron chi connectivity index (χ0n) is 25.8. The van der Waals surface area contributed by atoms with Gasteiger partial charge >= 0.3 is 6.18 Å². The molecule has 0 bridgehead atoms. The number of sulfonamides is 1. The number of fused-ring (bicyclic) bond motifs is 1. The maximum atomic E-state index is 13.7. The minimum absolute atomic E-state index is 0.0853. The van der Waals surface area contributed by atoms with Crippen molar-refractivity contribution in [2.75, 3.05) is 37.4 Å². The predicted molar refractivity (Wildman–Crippen MR) is 172 cm³/mol. The fourth-order valence-corrected chi connectivity index (χ4v) is 7.44. The Bertz CT molecular complexity index is 1660. The fourth-order valence-electron chi connectivity index (χ4n) is 6.91. The number of nitrogens with two attached hydrogens (primary N) is 1. The van der Waals surface area contributed by atoms with Gasteiger partial charge in [-0.25, -0.2) is 13.6 Å². The van der Waals surface area contributed by atoms with E-state index in [0.717, 1.165) is 37.8 Å². The van der Waals surface area contributed by atoms with E-state index in [4.69, 9.17) is 9.88 Å². The zero-order valence-corrected chi connectivity index (χ0v) is 26.7. The van der Waals surface area contributed by atoms with E-state index >= 15 is 0 Å². The number of piperidine rings is 1. The molecule has 0 unspecified atom stereocenters. The molecule has 4 N–H and O–H groups in total. The topological polar surface area (TPSA) is 102 Å². The summed E-state index contributed by atoms with van der Waals surface area (Å²) in [5, 5.41) is 12.6. The average molecular weight is 646 g/mol. The van der Waals surface area contributed by atoms with E-state index < -0.39 is 22.7 Å². The standard InChI is InChI=1S/C33H42F3N5O3S/c1-3-32(40-19-5-4-6-20-40)16-14-24(15-17-32)39-28-10-7-11-30-27(28)21-25(41(30)23-33(34,35)36)9-8-18-38-29-13-12-26(45(37,42)43)22-31(29)44-2/h7,10-13,21-22,24,38-39H,3-6,14-20,23H2,1-2H3,(H2,37,42,43)/t24-,32-. The molecule has 1 saturated carbocycles. The SMILES string of the molecule is CC[C@]1(N2CCCCC2)CC[C@H](Nc2cccc3c2cc(C#CCNc2ccc(S(N)(=O)=O)cc2OC)n3CC(F)(F)F)CC1. The normalized spacial score (nSPS) is 21.2. The molecule has 0 atom stereocenters. The van der Waals surface area contributed by atoms with E-state index in [0.29, 0.717) is 16.6 Å². The number of methoxy groups -OCH3 is 1. The Morgan fingerprint density at radius 1 is 1.07 bits per heavy atom. The van der Waals surface area contributed by atoms with Gasteiger partial charge in [0.1, 0.15) is 12.3 Å². The highest BCUT2D eigenvalue weighted by atomic mass is 32.2. The molecule has 1 aliphatic carbocycles. The summed E-state index contributed by atoms with van der Waals surface area (Å²) < 4.78 is 70.9. The van der Waals surface area contributed by atoms with Gasteiger partial charge in [0.05, 0.1) is 35.4 Å². The summed E-state index contributed by atoms with van der Waals surface area (Å²) in [7, 11) is -2.52. The minimum atomic E-state index is -4.43. The molecule has 8 nitrogen and oxygen atoms in total. The number of nitrogens with zero attached hydrogens (tertiary/aromatic N) is 2. The number of alkyl halides is 3. The largest absolute Gasteiger partial charge is 0.495 e. The van der Waals surface area contributed by atoms with Gasteiger partial charge in [-0.1, -0.05) is 25.3 Å². The first kappa shape index (κ1) is 33.0. The van der Waals surface area contributed by atoms with Crippen molar-refractivity contribution in [3.63, 3.8) is 0 Å². The Labute approximate surface area is 263 Å². The number of benzene rings is 2. The first-order chi connectivity index (χ1) is 21.4. The van der Waals surface area contributed by atoms with Gasteiger partial charge in [0, 0.05) is 28.7 Å². The van der Waals surface area contributed by atoms with Crippen molar-refractivity contribution in [3.05, 3.63) is 48.2 Å². The molecule has 2 aromatic carbocycles. The van der Waals surface area contributed by atoms with Crippen LogP contribution in [0.1, 0.15) is 64.0 Å².